The van der Waals surface area contributed by atoms with Gasteiger partial charge in [-0.1, -0.05) is 13.3 Å². The van der Waals surface area contributed by atoms with E-state index in [0.29, 0.717) is 6.42 Å². The molecule has 0 aliphatic carbocycles. The summed E-state index contributed by atoms with van der Waals surface area (Å²) in [5.74, 6) is -0.0834. The Morgan fingerprint density at radius 2 is 2.07 bits per heavy atom. The lowest BCUT2D eigenvalue weighted by Crippen LogP contribution is -2.06. The van der Waals surface area contributed by atoms with Crippen LogP contribution in [0.5, 0.6) is 5.75 Å². The first-order valence-electron chi connectivity index (χ1n) is 4.78. The average Bonchev–Trinajstić information content (AvgIpc) is 2.19. The van der Waals surface area contributed by atoms with Crippen LogP contribution in [0.4, 0.5) is 5.69 Å². The van der Waals surface area contributed by atoms with E-state index < -0.39 is 9.84 Å². The third kappa shape index (κ3) is 2.86. The zero-order chi connectivity index (χ0) is 11.5. The molecule has 84 valence electrons. The molecule has 0 aromatic heterocycles. The van der Waals surface area contributed by atoms with Gasteiger partial charge in [-0.25, -0.2) is 8.42 Å². The third-order valence-electron chi connectivity index (χ3n) is 2.13. The van der Waals surface area contributed by atoms with Crippen LogP contribution in [0.15, 0.2) is 23.1 Å². The number of hydrogen-bond donors (Lipinski definition) is 2. The van der Waals surface area contributed by atoms with Crippen molar-refractivity contribution in [1.82, 2.24) is 0 Å². The summed E-state index contributed by atoms with van der Waals surface area (Å²) in [5, 5.41) is 9.30. The predicted molar refractivity (Wildman–Crippen MR) is 59.5 cm³/mol. The molecule has 0 heterocycles. The highest BCUT2D eigenvalue weighted by molar-refractivity contribution is 7.91. The molecule has 3 N–H and O–H groups in total. The van der Waals surface area contributed by atoms with Crippen LogP contribution in [0.1, 0.15) is 19.8 Å². The number of sulfone groups is 1. The van der Waals surface area contributed by atoms with Crippen LogP contribution in [0.3, 0.4) is 0 Å². The van der Waals surface area contributed by atoms with Crippen molar-refractivity contribution < 1.29 is 13.5 Å². The first kappa shape index (κ1) is 11.8. The number of anilines is 1. The van der Waals surface area contributed by atoms with Crippen molar-refractivity contribution in [3.05, 3.63) is 18.2 Å². The number of phenolic OH excluding ortho intramolecular Hbond substituents is 1. The van der Waals surface area contributed by atoms with Crippen LogP contribution in [-0.2, 0) is 9.84 Å². The highest BCUT2D eigenvalue weighted by atomic mass is 32.2. The Hall–Kier alpha value is -1.23. The maximum absolute atomic E-state index is 11.7. The summed E-state index contributed by atoms with van der Waals surface area (Å²) < 4.78 is 23.4. The van der Waals surface area contributed by atoms with Crippen molar-refractivity contribution in [1.29, 1.82) is 0 Å². The Morgan fingerprint density at radius 3 is 2.60 bits per heavy atom. The van der Waals surface area contributed by atoms with Gasteiger partial charge in [0.1, 0.15) is 5.75 Å². The first-order valence-corrected chi connectivity index (χ1v) is 6.44. The summed E-state index contributed by atoms with van der Waals surface area (Å²) in [6.07, 6.45) is 1.44. The van der Waals surface area contributed by atoms with Crippen LogP contribution >= 0.6 is 0 Å². The van der Waals surface area contributed by atoms with E-state index in [1.165, 1.54) is 18.2 Å². The average molecular weight is 229 g/mol. The van der Waals surface area contributed by atoms with Crippen LogP contribution < -0.4 is 5.73 Å². The first-order chi connectivity index (χ1) is 6.97. The molecule has 0 radical (unpaired) electrons. The molecule has 0 aliphatic rings. The molecule has 0 aliphatic heterocycles. The molecule has 0 unspecified atom stereocenters. The molecular formula is C10H15NO3S. The van der Waals surface area contributed by atoms with Gasteiger partial charge in [0.15, 0.2) is 9.84 Å². The number of hydrogen-bond acceptors (Lipinski definition) is 4. The van der Waals surface area contributed by atoms with E-state index in [1.54, 1.807) is 0 Å². The van der Waals surface area contributed by atoms with Crippen molar-refractivity contribution in [2.24, 2.45) is 0 Å². The van der Waals surface area contributed by atoms with Gasteiger partial charge in [-0.3, -0.25) is 0 Å². The standard InChI is InChI=1S/C10H15NO3S/c1-2-3-6-15(13,14)8-4-5-9(11)10(12)7-8/h4-5,7,12H,2-3,6,11H2,1H3. The highest BCUT2D eigenvalue weighted by Gasteiger charge is 2.14. The SMILES string of the molecule is CCCCS(=O)(=O)c1ccc(N)c(O)c1. The maximum atomic E-state index is 11.7. The topological polar surface area (TPSA) is 80.4 Å². The van der Waals surface area contributed by atoms with Gasteiger partial charge < -0.3 is 10.8 Å². The van der Waals surface area contributed by atoms with Gasteiger partial charge in [-0.2, -0.15) is 0 Å². The van der Waals surface area contributed by atoms with E-state index >= 15 is 0 Å². The van der Waals surface area contributed by atoms with Gasteiger partial charge >= 0.3 is 0 Å². The molecule has 0 atom stereocenters. The van der Waals surface area contributed by atoms with Gasteiger partial charge in [-0.05, 0) is 18.6 Å². The maximum Gasteiger partial charge on any atom is 0.178 e. The second-order valence-corrected chi connectivity index (χ2v) is 5.50. The summed E-state index contributed by atoms with van der Waals surface area (Å²) >= 11 is 0. The normalized spacial score (nSPS) is 11.5. The van der Waals surface area contributed by atoms with Gasteiger partial charge in [-0.15, -0.1) is 0 Å². The van der Waals surface area contributed by atoms with Crippen LogP contribution in [0.2, 0.25) is 0 Å². The Morgan fingerprint density at radius 1 is 1.40 bits per heavy atom. The van der Waals surface area contributed by atoms with Crippen molar-refractivity contribution in [3.63, 3.8) is 0 Å². The number of unbranched alkanes of at least 4 members (excludes halogenated alkanes) is 1. The fourth-order valence-electron chi connectivity index (χ4n) is 1.17. The van der Waals surface area contributed by atoms with E-state index in [9.17, 15) is 13.5 Å². The lowest BCUT2D eigenvalue weighted by molar-refractivity contribution is 0.476. The minimum Gasteiger partial charge on any atom is -0.506 e. The Balaban J connectivity index is 3.00. The van der Waals surface area contributed by atoms with Crippen molar-refractivity contribution in [2.45, 2.75) is 24.7 Å². The molecule has 5 heteroatoms. The second-order valence-electron chi connectivity index (χ2n) is 3.39. The molecule has 0 saturated heterocycles. The fourth-order valence-corrected chi connectivity index (χ4v) is 2.64. The Bertz CT molecular complexity index is 440. The molecule has 1 aromatic carbocycles. The van der Waals surface area contributed by atoms with Crippen LogP contribution in [0.25, 0.3) is 0 Å². The summed E-state index contributed by atoms with van der Waals surface area (Å²) in [7, 11) is -3.28. The molecule has 1 aromatic rings. The molecule has 15 heavy (non-hydrogen) atoms. The largest absolute Gasteiger partial charge is 0.506 e. The van der Waals surface area contributed by atoms with E-state index in [1.807, 2.05) is 6.92 Å². The summed E-state index contributed by atoms with van der Waals surface area (Å²) in [6.45, 7) is 1.93. The van der Waals surface area contributed by atoms with Gasteiger partial charge in [0.25, 0.3) is 0 Å². The number of benzene rings is 1. The second kappa shape index (κ2) is 4.53. The van der Waals surface area contributed by atoms with E-state index in [0.717, 1.165) is 6.42 Å². The van der Waals surface area contributed by atoms with Crippen molar-refractivity contribution in [2.75, 3.05) is 11.5 Å². The van der Waals surface area contributed by atoms with E-state index in [-0.39, 0.29) is 22.1 Å². The lowest BCUT2D eigenvalue weighted by Gasteiger charge is -2.05. The number of phenols is 1. The number of rotatable bonds is 4. The molecule has 0 fully saturated rings. The minimum atomic E-state index is -3.28. The predicted octanol–water partition coefficient (Wildman–Crippen LogP) is 1.55. The lowest BCUT2D eigenvalue weighted by atomic mass is 10.3. The minimum absolute atomic E-state index is 0.104. The molecule has 0 bridgehead atoms. The molecule has 0 saturated carbocycles. The molecule has 0 amide bonds. The number of nitrogens with two attached hydrogens (primary N) is 1. The van der Waals surface area contributed by atoms with Gasteiger partial charge in [0.2, 0.25) is 0 Å². The number of aromatic hydroxyl groups is 1. The monoisotopic (exact) mass is 229 g/mol. The summed E-state index contributed by atoms with van der Waals surface area (Å²) in [4.78, 5) is 0.127. The zero-order valence-corrected chi connectivity index (χ0v) is 9.42. The molecular weight excluding hydrogens is 214 g/mol. The van der Waals surface area contributed by atoms with Gasteiger partial charge in [0.05, 0.1) is 16.3 Å². The fraction of sp³-hybridized carbons (Fsp3) is 0.400. The summed E-state index contributed by atoms with van der Waals surface area (Å²) in [5.41, 5.74) is 5.57. The quantitative estimate of drug-likeness (QED) is 0.606. The van der Waals surface area contributed by atoms with Crippen molar-refractivity contribution in [3.8, 4) is 5.75 Å². The highest BCUT2D eigenvalue weighted by Crippen LogP contribution is 2.24. The molecule has 4 nitrogen and oxygen atoms in total. The molecule has 0 spiro atoms. The third-order valence-corrected chi connectivity index (χ3v) is 3.93. The Labute approximate surface area is 89.7 Å². The van der Waals surface area contributed by atoms with E-state index in [2.05, 4.69) is 0 Å². The molecule has 1 rings (SSSR count). The Kier molecular flexibility index (Phi) is 3.57. The van der Waals surface area contributed by atoms with Gasteiger partial charge in [0, 0.05) is 6.07 Å². The summed E-state index contributed by atoms with van der Waals surface area (Å²) in [6, 6.07) is 4.01. The van der Waals surface area contributed by atoms with Crippen LogP contribution in [-0.4, -0.2) is 19.3 Å². The van der Waals surface area contributed by atoms with Crippen molar-refractivity contribution >= 4 is 15.5 Å². The van der Waals surface area contributed by atoms with E-state index in [4.69, 9.17) is 5.73 Å². The smallest absolute Gasteiger partial charge is 0.178 e. The van der Waals surface area contributed by atoms with Crippen LogP contribution in [0, 0.1) is 0 Å². The zero-order valence-electron chi connectivity index (χ0n) is 8.60. The number of nitrogen functional groups attached to an aromatic ring is 1.